The number of nitrogens with one attached hydrogen (secondary N) is 2. The van der Waals surface area contributed by atoms with Crippen LogP contribution in [0.2, 0.25) is 5.02 Å². The average molecular weight is 706 g/mol. The summed E-state index contributed by atoms with van der Waals surface area (Å²) < 4.78 is 12.8. The molecule has 0 spiro atoms. The number of hydrogen-bond acceptors (Lipinski definition) is 8. The van der Waals surface area contributed by atoms with E-state index < -0.39 is 23.7 Å². The van der Waals surface area contributed by atoms with Crippen molar-refractivity contribution < 1.29 is 19.1 Å². The van der Waals surface area contributed by atoms with E-state index in [9.17, 15) is 9.59 Å². The first-order valence-electron chi connectivity index (χ1n) is 16.4. The van der Waals surface area contributed by atoms with Crippen molar-refractivity contribution in [2.75, 3.05) is 26.9 Å². The van der Waals surface area contributed by atoms with E-state index in [1.165, 1.54) is 6.33 Å². The van der Waals surface area contributed by atoms with E-state index in [-0.39, 0.29) is 18.6 Å². The van der Waals surface area contributed by atoms with Gasteiger partial charge in [-0.15, -0.1) is 0 Å². The summed E-state index contributed by atoms with van der Waals surface area (Å²) in [5.74, 6) is 0.548. The van der Waals surface area contributed by atoms with E-state index in [1.807, 2.05) is 68.2 Å². The number of nitrogens with zero attached hydrogens (tertiary/aromatic N) is 6. The molecule has 2 aromatic carbocycles. The van der Waals surface area contributed by atoms with Gasteiger partial charge < -0.3 is 30.2 Å². The third-order valence-electron chi connectivity index (χ3n) is 7.31. The molecule has 0 radical (unpaired) electrons. The zero-order chi connectivity index (χ0) is 36.6. The standard InChI is InChI=1S/C31H36ClN9O4.C5H12/c1-31(2,3)38-30(43)45-17-27(21-9-10-25(32)24(11-21)28-34-18-35-39-28)40(4)29(33)37-26(14-42)20-7-5-19(6-8-20)22-12-36-41(13-22)23-15-44-16-23;1-5(2,3)4/h5-14,18,23,26-27H,15-17H2,1-4H3,(H2,33,37)(H,38,43)(H,34,35,39);1-4H3. The number of carbonyl (C=O) groups excluding carboxylic acids is 2. The molecule has 4 N–H and O–H groups in total. The highest BCUT2D eigenvalue weighted by Gasteiger charge is 2.25. The summed E-state index contributed by atoms with van der Waals surface area (Å²) in [5.41, 5.74) is 10.4. The molecule has 2 aromatic heterocycles. The minimum Gasteiger partial charge on any atom is -0.447 e. The number of halogens is 1. The van der Waals surface area contributed by atoms with Crippen molar-refractivity contribution in [3.63, 3.8) is 0 Å². The second-order valence-electron chi connectivity index (χ2n) is 14.8. The van der Waals surface area contributed by atoms with Crippen LogP contribution in [0.15, 0.2) is 66.2 Å². The second-order valence-corrected chi connectivity index (χ2v) is 15.2. The number of benzene rings is 2. The molecule has 1 saturated heterocycles. The highest BCUT2D eigenvalue weighted by molar-refractivity contribution is 6.33. The van der Waals surface area contributed by atoms with Crippen LogP contribution in [0.5, 0.6) is 0 Å². The number of aliphatic imine (C=N–C) groups is 1. The van der Waals surface area contributed by atoms with Crippen molar-refractivity contribution in [1.82, 2.24) is 35.2 Å². The first-order valence-corrected chi connectivity index (χ1v) is 16.7. The summed E-state index contributed by atoms with van der Waals surface area (Å²) in [4.78, 5) is 35.2. The second kappa shape index (κ2) is 16.3. The van der Waals surface area contributed by atoms with Crippen LogP contribution < -0.4 is 11.1 Å². The SMILES string of the molecule is CC(C)(C)C.CN(C(N)=NC(C=O)c1ccc(-c2cnn(C3COC3)c2)cc1)C(COC(=O)NC(C)(C)C)c1ccc(Cl)c(-c2ncn[nH]2)c1. The molecule has 0 bridgehead atoms. The van der Waals surface area contributed by atoms with Gasteiger partial charge in [0.1, 0.15) is 25.3 Å². The van der Waals surface area contributed by atoms with Gasteiger partial charge in [-0.25, -0.2) is 14.8 Å². The summed E-state index contributed by atoms with van der Waals surface area (Å²) in [6, 6.07) is 11.7. The van der Waals surface area contributed by atoms with Crippen molar-refractivity contribution in [3.05, 3.63) is 77.3 Å². The van der Waals surface area contributed by atoms with Crippen LogP contribution >= 0.6 is 11.6 Å². The lowest BCUT2D eigenvalue weighted by Gasteiger charge is -2.30. The highest BCUT2D eigenvalue weighted by atomic mass is 35.5. The fraction of sp³-hybridized carbons (Fsp3) is 0.444. The number of rotatable bonds is 10. The van der Waals surface area contributed by atoms with Crippen molar-refractivity contribution >= 4 is 29.9 Å². The molecule has 1 amide bonds. The molecule has 13 nitrogen and oxygen atoms in total. The van der Waals surface area contributed by atoms with E-state index in [0.717, 1.165) is 23.0 Å². The number of aldehydes is 1. The molecular weight excluding hydrogens is 658 g/mol. The number of likely N-dealkylation sites (N-methyl/N-ethyl adjacent to an activating group) is 1. The minimum absolute atomic E-state index is 0.0705. The van der Waals surface area contributed by atoms with Crippen molar-refractivity contribution in [3.8, 4) is 22.5 Å². The third kappa shape index (κ3) is 10.9. The predicted molar refractivity (Wildman–Crippen MR) is 195 cm³/mol. The molecule has 268 valence electrons. The Balaban J connectivity index is 0.00000105. The fourth-order valence-electron chi connectivity index (χ4n) is 4.71. The van der Waals surface area contributed by atoms with Gasteiger partial charge in [0.05, 0.1) is 36.5 Å². The van der Waals surface area contributed by atoms with Gasteiger partial charge in [-0.2, -0.15) is 10.2 Å². The normalized spacial score (nSPS) is 14.9. The number of hydrogen-bond donors (Lipinski definition) is 3. The van der Waals surface area contributed by atoms with Gasteiger partial charge in [-0.3, -0.25) is 9.78 Å². The number of alkyl carbamates (subject to hydrolysis) is 1. The van der Waals surface area contributed by atoms with Crippen LogP contribution in [0.25, 0.3) is 22.5 Å². The van der Waals surface area contributed by atoms with Crippen LogP contribution in [0.4, 0.5) is 4.79 Å². The summed E-state index contributed by atoms with van der Waals surface area (Å²) in [5, 5.41) is 14.4. The lowest BCUT2D eigenvalue weighted by Crippen LogP contribution is -2.43. The first kappa shape index (κ1) is 38.1. The maximum absolute atomic E-state index is 12.6. The van der Waals surface area contributed by atoms with E-state index in [1.54, 1.807) is 24.1 Å². The monoisotopic (exact) mass is 705 g/mol. The molecule has 1 aliphatic rings. The molecule has 2 unspecified atom stereocenters. The van der Waals surface area contributed by atoms with E-state index in [4.69, 9.17) is 26.8 Å². The van der Waals surface area contributed by atoms with Crippen LogP contribution in [0, 0.1) is 5.41 Å². The summed E-state index contributed by atoms with van der Waals surface area (Å²) >= 11 is 6.47. The molecule has 2 atom stereocenters. The summed E-state index contributed by atoms with van der Waals surface area (Å²) in [7, 11) is 1.72. The van der Waals surface area contributed by atoms with Gasteiger partial charge in [0.15, 0.2) is 11.8 Å². The van der Waals surface area contributed by atoms with Gasteiger partial charge in [0, 0.05) is 29.9 Å². The van der Waals surface area contributed by atoms with Gasteiger partial charge in [-0.1, -0.05) is 69.6 Å². The number of amides is 1. The van der Waals surface area contributed by atoms with Crippen LogP contribution in [0.1, 0.15) is 77.7 Å². The number of H-pyrrole nitrogens is 1. The van der Waals surface area contributed by atoms with Gasteiger partial charge in [-0.05, 0) is 55.0 Å². The maximum Gasteiger partial charge on any atom is 0.407 e. The molecule has 0 saturated carbocycles. The summed E-state index contributed by atoms with van der Waals surface area (Å²) in [6.45, 7) is 15.6. The number of guanidine groups is 1. The number of nitrogens with two attached hydrogens (primary N) is 1. The first-order chi connectivity index (χ1) is 23.5. The molecule has 5 rings (SSSR count). The zero-order valence-corrected chi connectivity index (χ0v) is 30.7. The molecule has 1 fully saturated rings. The van der Waals surface area contributed by atoms with E-state index in [0.29, 0.717) is 40.6 Å². The van der Waals surface area contributed by atoms with Crippen LogP contribution in [-0.2, 0) is 14.3 Å². The number of aromatic amines is 1. The van der Waals surface area contributed by atoms with E-state index in [2.05, 4.69) is 58.3 Å². The Labute approximate surface area is 298 Å². The molecule has 3 heterocycles. The molecule has 1 aliphatic heterocycles. The minimum atomic E-state index is -0.864. The third-order valence-corrected chi connectivity index (χ3v) is 7.64. The topological polar surface area (TPSA) is 166 Å². The van der Waals surface area contributed by atoms with E-state index >= 15 is 0 Å². The fourth-order valence-corrected chi connectivity index (χ4v) is 4.91. The predicted octanol–water partition coefficient (Wildman–Crippen LogP) is 6.36. The smallest absolute Gasteiger partial charge is 0.407 e. The molecular formula is C36H48ClN9O4. The molecule has 0 aliphatic carbocycles. The molecule has 50 heavy (non-hydrogen) atoms. The van der Waals surface area contributed by atoms with Crippen molar-refractivity contribution in [1.29, 1.82) is 0 Å². The zero-order valence-electron chi connectivity index (χ0n) is 30.0. The lowest BCUT2D eigenvalue weighted by molar-refractivity contribution is -0.108. The number of aromatic nitrogens is 5. The van der Waals surface area contributed by atoms with Gasteiger partial charge >= 0.3 is 6.09 Å². The molecule has 14 heteroatoms. The maximum atomic E-state index is 12.6. The Hall–Kier alpha value is -4.75. The van der Waals surface area contributed by atoms with Gasteiger partial charge in [0.2, 0.25) is 0 Å². The Morgan fingerprint density at radius 1 is 1.14 bits per heavy atom. The van der Waals surface area contributed by atoms with Crippen LogP contribution in [-0.4, -0.2) is 80.6 Å². The Morgan fingerprint density at radius 3 is 2.36 bits per heavy atom. The highest BCUT2D eigenvalue weighted by Crippen LogP contribution is 2.31. The quantitative estimate of drug-likeness (QED) is 0.0966. The van der Waals surface area contributed by atoms with Crippen molar-refractivity contribution in [2.45, 2.75) is 72.1 Å². The Kier molecular flexibility index (Phi) is 12.4. The Morgan fingerprint density at radius 2 is 1.80 bits per heavy atom. The summed E-state index contributed by atoms with van der Waals surface area (Å²) in [6.07, 6.45) is 5.33. The molecule has 4 aromatic rings. The van der Waals surface area contributed by atoms with Gasteiger partial charge in [0.25, 0.3) is 0 Å². The van der Waals surface area contributed by atoms with Crippen molar-refractivity contribution in [2.24, 2.45) is 16.1 Å². The average Bonchev–Trinajstić information content (AvgIpc) is 3.71. The van der Waals surface area contributed by atoms with Crippen LogP contribution in [0.3, 0.4) is 0 Å². The number of ether oxygens (including phenoxy) is 2. The lowest BCUT2D eigenvalue weighted by atomic mass is 10.0. The largest absolute Gasteiger partial charge is 0.447 e. The Bertz CT molecular complexity index is 1730. The number of carbonyl (C=O) groups is 2.